The quantitative estimate of drug-likeness (QED) is 0.182. The SMILES string of the molecule is Clc1nc2sc3cc4ccccc4cc3c2nc1-n1c2ccccc2c2c3ccccc3c3c4cc5ccccc5cc4oc3c21. The first-order chi connectivity index (χ1) is 22.7. The van der Waals surface area contributed by atoms with Crippen LogP contribution in [-0.4, -0.2) is 14.5 Å². The summed E-state index contributed by atoms with van der Waals surface area (Å²) in [5.74, 6) is 0.593. The first kappa shape index (κ1) is 24.8. The van der Waals surface area contributed by atoms with Gasteiger partial charge in [0.05, 0.1) is 11.0 Å². The molecule has 0 aliphatic rings. The van der Waals surface area contributed by atoms with Crippen molar-refractivity contribution in [2.45, 2.75) is 0 Å². The average Bonchev–Trinajstić information content (AvgIpc) is 3.75. The van der Waals surface area contributed by atoms with Gasteiger partial charge in [0.2, 0.25) is 0 Å². The summed E-state index contributed by atoms with van der Waals surface area (Å²) < 4.78 is 10.2. The predicted octanol–water partition coefficient (Wildman–Crippen LogP) is 12.0. The molecule has 0 spiro atoms. The summed E-state index contributed by atoms with van der Waals surface area (Å²) in [5, 5.41) is 12.9. The fraction of sp³-hybridized carbons (Fsp3) is 0. The number of halogens is 1. The van der Waals surface area contributed by atoms with Gasteiger partial charge in [-0.25, -0.2) is 9.97 Å². The Morgan fingerprint density at radius 2 is 1.20 bits per heavy atom. The van der Waals surface area contributed by atoms with Crippen LogP contribution < -0.4 is 0 Å². The van der Waals surface area contributed by atoms with Gasteiger partial charge in [-0.15, -0.1) is 11.3 Å². The lowest BCUT2D eigenvalue weighted by atomic mass is 9.98. The third-order valence-electron chi connectivity index (χ3n) is 9.44. The Balaban J connectivity index is 1.35. The third-order valence-corrected chi connectivity index (χ3v) is 10.7. The number of rotatable bonds is 1. The smallest absolute Gasteiger partial charge is 0.176 e. The van der Waals surface area contributed by atoms with Crippen molar-refractivity contribution >= 4 is 119 Å². The Kier molecular flexibility index (Phi) is 4.75. The molecule has 0 aliphatic heterocycles. The number of furan rings is 1. The number of thiophene rings is 1. The van der Waals surface area contributed by atoms with Crippen molar-refractivity contribution < 1.29 is 4.42 Å². The zero-order valence-electron chi connectivity index (χ0n) is 24.1. The van der Waals surface area contributed by atoms with E-state index in [9.17, 15) is 0 Å². The fourth-order valence-corrected chi connectivity index (χ4v) is 8.77. The summed E-state index contributed by atoms with van der Waals surface area (Å²) >= 11 is 8.75. The molecule has 11 rings (SSSR count). The zero-order chi connectivity index (χ0) is 30.1. The molecule has 4 heterocycles. The van der Waals surface area contributed by atoms with Crippen molar-refractivity contribution in [1.82, 2.24) is 14.5 Å². The third kappa shape index (κ3) is 3.18. The van der Waals surface area contributed by atoms with E-state index in [0.29, 0.717) is 11.0 Å². The summed E-state index contributed by atoms with van der Waals surface area (Å²) in [5.41, 5.74) is 4.46. The van der Waals surface area contributed by atoms with Crippen molar-refractivity contribution in [3.05, 3.63) is 126 Å². The molecule has 0 atom stereocenters. The number of hydrogen-bond acceptors (Lipinski definition) is 4. The molecule has 0 saturated heterocycles. The second-order valence-electron chi connectivity index (χ2n) is 11.9. The fourth-order valence-electron chi connectivity index (χ4n) is 7.46. The highest BCUT2D eigenvalue weighted by atomic mass is 35.5. The van der Waals surface area contributed by atoms with Crippen LogP contribution in [0, 0.1) is 0 Å². The van der Waals surface area contributed by atoms with Crippen LogP contribution >= 0.6 is 22.9 Å². The highest BCUT2D eigenvalue weighted by molar-refractivity contribution is 7.25. The first-order valence-corrected chi connectivity index (χ1v) is 16.4. The van der Waals surface area contributed by atoms with Gasteiger partial charge >= 0.3 is 0 Å². The highest BCUT2D eigenvalue weighted by Gasteiger charge is 2.25. The van der Waals surface area contributed by atoms with E-state index < -0.39 is 0 Å². The zero-order valence-corrected chi connectivity index (χ0v) is 25.7. The molecule has 6 heteroatoms. The van der Waals surface area contributed by atoms with Gasteiger partial charge in [0.1, 0.15) is 15.9 Å². The van der Waals surface area contributed by atoms with Crippen LogP contribution in [0.4, 0.5) is 0 Å². The van der Waals surface area contributed by atoms with E-state index in [0.717, 1.165) is 80.3 Å². The standard InChI is InChI=1S/C40H20ClN3OS/c41-38-39(42-35-29-18-22-10-2-4-12-24(22)20-32(29)46-40(35)43-38)44-30-16-8-7-15-27(30)33-25-13-5-6-14-26(25)34-28-17-21-9-1-3-11-23(21)19-31(28)45-37(34)36(33)44/h1-20H. The number of nitrogens with zero attached hydrogens (tertiary/aromatic N) is 3. The van der Waals surface area contributed by atoms with Crippen molar-refractivity contribution in [1.29, 1.82) is 0 Å². The number of hydrogen-bond donors (Lipinski definition) is 0. The maximum absolute atomic E-state index is 7.13. The molecule has 0 amide bonds. The molecule has 0 saturated carbocycles. The van der Waals surface area contributed by atoms with Gasteiger partial charge in [0.15, 0.2) is 16.6 Å². The second-order valence-corrected chi connectivity index (χ2v) is 13.3. The maximum atomic E-state index is 7.13. The highest BCUT2D eigenvalue weighted by Crippen LogP contribution is 2.47. The molecule has 0 radical (unpaired) electrons. The number of benzene rings is 7. The molecule has 0 unspecified atom stereocenters. The molecular weight excluding hydrogens is 606 g/mol. The van der Waals surface area contributed by atoms with Gasteiger partial charge in [0.25, 0.3) is 0 Å². The topological polar surface area (TPSA) is 43.9 Å². The van der Waals surface area contributed by atoms with Crippen LogP contribution in [-0.2, 0) is 0 Å². The minimum absolute atomic E-state index is 0.356. The molecule has 0 N–H and O–H groups in total. The van der Waals surface area contributed by atoms with Gasteiger partial charge in [0, 0.05) is 31.6 Å². The van der Waals surface area contributed by atoms with Crippen LogP contribution in [0.15, 0.2) is 126 Å². The Morgan fingerprint density at radius 1 is 0.587 bits per heavy atom. The molecule has 4 nitrogen and oxygen atoms in total. The Labute approximate surface area is 269 Å². The Hall–Kier alpha value is -5.49. The van der Waals surface area contributed by atoms with Crippen molar-refractivity contribution in [2.24, 2.45) is 0 Å². The summed E-state index contributed by atoms with van der Waals surface area (Å²) in [7, 11) is 0. The summed E-state index contributed by atoms with van der Waals surface area (Å²) in [6.45, 7) is 0. The van der Waals surface area contributed by atoms with Crippen molar-refractivity contribution in [3.63, 3.8) is 0 Å². The Bertz CT molecular complexity index is 3110. The summed E-state index contributed by atoms with van der Waals surface area (Å²) in [6, 6.07) is 42.8. The molecular formula is C40H20ClN3OS. The van der Waals surface area contributed by atoms with Gasteiger partial charge in [-0.05, 0) is 62.6 Å². The van der Waals surface area contributed by atoms with Crippen LogP contribution in [0.1, 0.15) is 0 Å². The summed E-state index contributed by atoms with van der Waals surface area (Å²) in [4.78, 5) is 11.1. The van der Waals surface area contributed by atoms with E-state index in [2.05, 4.69) is 126 Å². The molecule has 0 fully saturated rings. The molecule has 4 aromatic heterocycles. The molecule has 46 heavy (non-hydrogen) atoms. The van der Waals surface area contributed by atoms with E-state index in [4.69, 9.17) is 26.0 Å². The first-order valence-electron chi connectivity index (χ1n) is 15.2. The minimum atomic E-state index is 0.356. The van der Waals surface area contributed by atoms with Crippen LogP contribution in [0.3, 0.4) is 0 Å². The van der Waals surface area contributed by atoms with Gasteiger partial charge in [-0.3, -0.25) is 4.57 Å². The van der Waals surface area contributed by atoms with E-state index in [1.165, 1.54) is 16.2 Å². The van der Waals surface area contributed by atoms with Crippen LogP contribution in [0.25, 0.3) is 102 Å². The number of aromatic nitrogens is 3. The molecule has 7 aromatic carbocycles. The van der Waals surface area contributed by atoms with Gasteiger partial charge in [-0.1, -0.05) is 103 Å². The lowest BCUT2D eigenvalue weighted by Gasteiger charge is -2.10. The van der Waals surface area contributed by atoms with Crippen LogP contribution in [0.2, 0.25) is 5.15 Å². The molecule has 214 valence electrons. The summed E-state index contributed by atoms with van der Waals surface area (Å²) in [6.07, 6.45) is 0. The second kappa shape index (κ2) is 8.82. The van der Waals surface area contributed by atoms with E-state index in [1.54, 1.807) is 11.3 Å². The van der Waals surface area contributed by atoms with Crippen molar-refractivity contribution in [3.8, 4) is 5.82 Å². The normalized spacial score (nSPS) is 12.5. The molecule has 0 aliphatic carbocycles. The monoisotopic (exact) mass is 625 g/mol. The predicted molar refractivity (Wildman–Crippen MR) is 194 cm³/mol. The van der Waals surface area contributed by atoms with Gasteiger partial charge in [-0.2, -0.15) is 0 Å². The van der Waals surface area contributed by atoms with Crippen molar-refractivity contribution in [2.75, 3.05) is 0 Å². The van der Waals surface area contributed by atoms with Crippen LogP contribution in [0.5, 0.6) is 0 Å². The van der Waals surface area contributed by atoms with Gasteiger partial charge < -0.3 is 4.42 Å². The largest absolute Gasteiger partial charge is 0.454 e. The van der Waals surface area contributed by atoms with E-state index >= 15 is 0 Å². The Morgan fingerprint density at radius 3 is 1.96 bits per heavy atom. The van der Waals surface area contributed by atoms with E-state index in [1.807, 2.05) is 0 Å². The molecule has 11 aromatic rings. The lowest BCUT2D eigenvalue weighted by Crippen LogP contribution is -2.00. The lowest BCUT2D eigenvalue weighted by molar-refractivity contribution is 0.671. The number of para-hydroxylation sites is 1. The molecule has 0 bridgehead atoms. The average molecular weight is 626 g/mol. The maximum Gasteiger partial charge on any atom is 0.176 e. The van der Waals surface area contributed by atoms with E-state index in [-0.39, 0.29) is 0 Å². The number of fused-ring (bicyclic) bond motifs is 15. The minimum Gasteiger partial charge on any atom is -0.454 e.